The molecule has 62 valence electrons. The summed E-state index contributed by atoms with van der Waals surface area (Å²) in [5.74, 6) is 0.638. The van der Waals surface area contributed by atoms with Crippen LogP contribution in [-0.2, 0) is 0 Å². The molecule has 0 saturated carbocycles. The first-order chi connectivity index (χ1) is 5.15. The van der Waals surface area contributed by atoms with E-state index < -0.39 is 6.04 Å². The average Bonchev–Trinajstić information content (AvgIpc) is 2.28. The summed E-state index contributed by atoms with van der Waals surface area (Å²) in [4.78, 5) is 0. The monoisotopic (exact) mass is 219 g/mol. The summed E-state index contributed by atoms with van der Waals surface area (Å²) in [5.41, 5.74) is 6.50. The maximum absolute atomic E-state index is 8.72. The van der Waals surface area contributed by atoms with Gasteiger partial charge in [0.05, 0.1) is 12.6 Å². The molecule has 1 aromatic rings. The highest BCUT2D eigenvalue weighted by Crippen LogP contribution is 2.23. The van der Waals surface area contributed by atoms with Crippen molar-refractivity contribution in [1.29, 1.82) is 0 Å². The van der Waals surface area contributed by atoms with Gasteiger partial charge in [-0.2, -0.15) is 0 Å². The Morgan fingerprint density at radius 1 is 1.82 bits per heavy atom. The maximum atomic E-state index is 8.72. The first kappa shape index (κ1) is 8.77. The molecule has 0 radical (unpaired) electrons. The molecule has 1 atom stereocenters. The molecule has 0 aliphatic heterocycles. The summed E-state index contributed by atoms with van der Waals surface area (Å²) in [5, 5.41) is 8.72. The van der Waals surface area contributed by atoms with Crippen molar-refractivity contribution in [1.82, 2.24) is 0 Å². The van der Waals surface area contributed by atoms with Crippen LogP contribution in [0.1, 0.15) is 17.4 Å². The Morgan fingerprint density at radius 2 is 2.45 bits per heavy atom. The molecule has 0 saturated heterocycles. The Kier molecular flexibility index (Phi) is 2.70. The van der Waals surface area contributed by atoms with Crippen molar-refractivity contribution in [3.8, 4) is 0 Å². The van der Waals surface area contributed by atoms with Crippen LogP contribution < -0.4 is 5.73 Å². The van der Waals surface area contributed by atoms with Gasteiger partial charge < -0.3 is 15.3 Å². The zero-order valence-corrected chi connectivity index (χ0v) is 7.76. The van der Waals surface area contributed by atoms with Crippen molar-refractivity contribution in [2.45, 2.75) is 13.0 Å². The third-order valence-corrected chi connectivity index (χ3v) is 1.85. The number of aliphatic hydroxyl groups excluding tert-OH is 1. The zero-order chi connectivity index (χ0) is 8.43. The lowest BCUT2D eigenvalue weighted by atomic mass is 10.2. The Morgan fingerprint density at radius 3 is 2.82 bits per heavy atom. The standard InChI is InChI=1S/C7H10BrNO2/c1-4-2-6(8)11-7(4)5(9)3-10/h2,5,10H,3,9H2,1H3. The van der Waals surface area contributed by atoms with Crippen LogP contribution in [-0.4, -0.2) is 11.7 Å². The number of hydrogen-bond acceptors (Lipinski definition) is 3. The number of halogens is 1. The lowest BCUT2D eigenvalue weighted by Crippen LogP contribution is -2.14. The largest absolute Gasteiger partial charge is 0.452 e. The molecule has 3 nitrogen and oxygen atoms in total. The molecule has 0 aromatic carbocycles. The molecule has 0 fully saturated rings. The van der Waals surface area contributed by atoms with Gasteiger partial charge in [0.1, 0.15) is 5.76 Å². The summed E-state index contributed by atoms with van der Waals surface area (Å²) < 4.78 is 5.85. The first-order valence-corrected chi connectivity index (χ1v) is 4.06. The molecule has 1 unspecified atom stereocenters. The summed E-state index contributed by atoms with van der Waals surface area (Å²) in [6.07, 6.45) is 0. The molecule has 11 heavy (non-hydrogen) atoms. The summed E-state index contributed by atoms with van der Waals surface area (Å²) in [6, 6.07) is 1.41. The fourth-order valence-electron chi connectivity index (χ4n) is 0.907. The van der Waals surface area contributed by atoms with E-state index in [1.54, 1.807) is 0 Å². The molecule has 0 aliphatic carbocycles. The molecule has 0 amide bonds. The number of furan rings is 1. The van der Waals surface area contributed by atoms with Crippen molar-refractivity contribution in [3.05, 3.63) is 22.1 Å². The van der Waals surface area contributed by atoms with Gasteiger partial charge in [-0.25, -0.2) is 0 Å². The van der Waals surface area contributed by atoms with Crippen LogP contribution in [0.15, 0.2) is 15.2 Å². The van der Waals surface area contributed by atoms with Crippen LogP contribution in [0.2, 0.25) is 0 Å². The van der Waals surface area contributed by atoms with Gasteiger partial charge in [-0.1, -0.05) is 0 Å². The van der Waals surface area contributed by atoms with E-state index in [1.807, 2.05) is 13.0 Å². The minimum Gasteiger partial charge on any atom is -0.452 e. The van der Waals surface area contributed by atoms with E-state index in [9.17, 15) is 0 Å². The summed E-state index contributed by atoms with van der Waals surface area (Å²) in [7, 11) is 0. The Bertz CT molecular complexity index is 247. The number of aliphatic hydroxyl groups is 1. The summed E-state index contributed by atoms with van der Waals surface area (Å²) in [6.45, 7) is 1.79. The first-order valence-electron chi connectivity index (χ1n) is 3.27. The molecule has 3 N–H and O–H groups in total. The predicted molar refractivity (Wildman–Crippen MR) is 45.2 cm³/mol. The minimum atomic E-state index is -0.415. The average molecular weight is 220 g/mol. The number of rotatable bonds is 2. The third-order valence-electron chi connectivity index (χ3n) is 1.46. The van der Waals surface area contributed by atoms with Crippen molar-refractivity contribution >= 4 is 15.9 Å². The molecule has 1 heterocycles. The van der Waals surface area contributed by atoms with Crippen LogP contribution in [0.4, 0.5) is 0 Å². The van der Waals surface area contributed by atoms with Crippen molar-refractivity contribution in [3.63, 3.8) is 0 Å². The smallest absolute Gasteiger partial charge is 0.169 e. The van der Waals surface area contributed by atoms with E-state index in [0.717, 1.165) is 5.56 Å². The normalized spacial score (nSPS) is 13.5. The lowest BCUT2D eigenvalue weighted by Gasteiger charge is -2.04. The summed E-state index contributed by atoms with van der Waals surface area (Å²) >= 11 is 3.18. The van der Waals surface area contributed by atoms with Gasteiger partial charge in [0.2, 0.25) is 0 Å². The van der Waals surface area contributed by atoms with Crippen LogP contribution in [0.25, 0.3) is 0 Å². The second-order valence-corrected chi connectivity index (χ2v) is 3.17. The van der Waals surface area contributed by atoms with E-state index in [0.29, 0.717) is 10.4 Å². The minimum absolute atomic E-state index is 0.0964. The van der Waals surface area contributed by atoms with Gasteiger partial charge in [0, 0.05) is 0 Å². The van der Waals surface area contributed by atoms with Crippen LogP contribution in [0.3, 0.4) is 0 Å². The van der Waals surface area contributed by atoms with Crippen LogP contribution >= 0.6 is 15.9 Å². The predicted octanol–water partition coefficient (Wildman–Crippen LogP) is 1.34. The molecule has 1 rings (SSSR count). The van der Waals surface area contributed by atoms with Gasteiger partial charge in [-0.05, 0) is 34.5 Å². The van der Waals surface area contributed by atoms with E-state index in [4.69, 9.17) is 15.3 Å². The van der Waals surface area contributed by atoms with Crippen molar-refractivity contribution in [2.24, 2.45) is 5.73 Å². The van der Waals surface area contributed by atoms with Gasteiger partial charge >= 0.3 is 0 Å². The lowest BCUT2D eigenvalue weighted by molar-refractivity contribution is 0.250. The van der Waals surface area contributed by atoms with E-state index in [-0.39, 0.29) is 6.61 Å². The van der Waals surface area contributed by atoms with Crippen LogP contribution in [0.5, 0.6) is 0 Å². The van der Waals surface area contributed by atoms with Crippen LogP contribution in [0, 0.1) is 6.92 Å². The second kappa shape index (κ2) is 3.38. The maximum Gasteiger partial charge on any atom is 0.169 e. The van der Waals surface area contributed by atoms with E-state index in [2.05, 4.69) is 15.9 Å². The highest BCUT2D eigenvalue weighted by atomic mass is 79.9. The van der Waals surface area contributed by atoms with Crippen molar-refractivity contribution in [2.75, 3.05) is 6.61 Å². The fraction of sp³-hybridized carbons (Fsp3) is 0.429. The van der Waals surface area contributed by atoms with Gasteiger partial charge in [-0.3, -0.25) is 0 Å². The van der Waals surface area contributed by atoms with Gasteiger partial charge in [0.25, 0.3) is 0 Å². The Hall–Kier alpha value is -0.320. The number of nitrogens with two attached hydrogens (primary N) is 1. The second-order valence-electron chi connectivity index (χ2n) is 2.39. The molecule has 0 aliphatic rings. The highest BCUT2D eigenvalue weighted by Gasteiger charge is 2.12. The quantitative estimate of drug-likeness (QED) is 0.790. The fourth-order valence-corrected chi connectivity index (χ4v) is 1.43. The molecular formula is C7H10BrNO2. The van der Waals surface area contributed by atoms with Gasteiger partial charge in [0.15, 0.2) is 4.67 Å². The SMILES string of the molecule is Cc1cc(Br)oc1C(N)CO. The molecular weight excluding hydrogens is 210 g/mol. The Balaban J connectivity index is 2.93. The molecule has 0 spiro atoms. The van der Waals surface area contributed by atoms with Crippen molar-refractivity contribution < 1.29 is 9.52 Å². The topological polar surface area (TPSA) is 59.4 Å². The van der Waals surface area contributed by atoms with E-state index >= 15 is 0 Å². The highest BCUT2D eigenvalue weighted by molar-refractivity contribution is 9.10. The third kappa shape index (κ3) is 1.83. The molecule has 4 heteroatoms. The number of hydrogen-bond donors (Lipinski definition) is 2. The molecule has 1 aromatic heterocycles. The Labute approximate surface area is 73.3 Å². The van der Waals surface area contributed by atoms with Gasteiger partial charge in [-0.15, -0.1) is 0 Å². The zero-order valence-electron chi connectivity index (χ0n) is 6.17. The van der Waals surface area contributed by atoms with E-state index in [1.165, 1.54) is 0 Å². The number of aryl methyl sites for hydroxylation is 1. The molecule has 0 bridgehead atoms.